The Kier molecular flexibility index (Phi) is 7.36. The fourth-order valence-electron chi connectivity index (χ4n) is 0.907. The Morgan fingerprint density at radius 3 is 2.44 bits per heavy atom. The molecule has 0 aromatic carbocycles. The van der Waals surface area contributed by atoms with Crippen molar-refractivity contribution in [2.75, 3.05) is 18.1 Å². The van der Waals surface area contributed by atoms with E-state index in [1.807, 2.05) is 0 Å². The zero-order chi connectivity index (χ0) is 12.6. The topological polar surface area (TPSA) is 95.5 Å². The van der Waals surface area contributed by atoms with E-state index >= 15 is 0 Å². The normalized spacial score (nSPS) is 11.6. The summed E-state index contributed by atoms with van der Waals surface area (Å²) in [4.78, 5) is 32.7. The molecule has 0 saturated carbocycles. The molecule has 0 aromatic heterocycles. The summed E-state index contributed by atoms with van der Waals surface area (Å²) in [6.45, 7) is 3.87. The van der Waals surface area contributed by atoms with E-state index in [0.717, 1.165) is 11.8 Å². The van der Waals surface area contributed by atoms with Crippen molar-refractivity contribution in [1.82, 2.24) is 10.6 Å². The van der Waals surface area contributed by atoms with Gasteiger partial charge >= 0.3 is 5.97 Å². The molecule has 1 atom stereocenters. The van der Waals surface area contributed by atoms with Crippen LogP contribution < -0.4 is 10.6 Å². The van der Waals surface area contributed by atoms with Gasteiger partial charge in [-0.05, 0) is 13.8 Å². The number of carboxylic acid groups (broad SMARTS) is 1. The van der Waals surface area contributed by atoms with Gasteiger partial charge in [0.15, 0.2) is 0 Å². The van der Waals surface area contributed by atoms with Crippen molar-refractivity contribution in [2.24, 2.45) is 0 Å². The fraction of sp³-hybridized carbons (Fsp3) is 0.667. The van der Waals surface area contributed by atoms with Crippen LogP contribution in [0.2, 0.25) is 0 Å². The molecule has 0 saturated heterocycles. The van der Waals surface area contributed by atoms with Gasteiger partial charge < -0.3 is 15.7 Å². The first-order valence-electron chi connectivity index (χ1n) is 4.84. The number of carboxylic acids is 1. The second-order valence-electron chi connectivity index (χ2n) is 3.07. The summed E-state index contributed by atoms with van der Waals surface area (Å²) < 4.78 is 0. The monoisotopic (exact) mass is 248 g/mol. The van der Waals surface area contributed by atoms with Crippen LogP contribution in [0, 0.1) is 0 Å². The maximum Gasteiger partial charge on any atom is 0.313 e. The summed E-state index contributed by atoms with van der Waals surface area (Å²) in [7, 11) is 0. The minimum atomic E-state index is -0.963. The van der Waals surface area contributed by atoms with Gasteiger partial charge in [0.25, 0.3) is 0 Å². The molecule has 0 aliphatic carbocycles. The van der Waals surface area contributed by atoms with E-state index in [2.05, 4.69) is 10.6 Å². The Labute approximate surface area is 98.2 Å². The van der Waals surface area contributed by atoms with Crippen LogP contribution in [-0.2, 0) is 14.4 Å². The largest absolute Gasteiger partial charge is 0.481 e. The van der Waals surface area contributed by atoms with E-state index in [4.69, 9.17) is 5.11 Å². The van der Waals surface area contributed by atoms with Crippen molar-refractivity contribution in [3.05, 3.63) is 0 Å². The molecule has 3 N–H and O–H groups in total. The number of amides is 2. The highest BCUT2D eigenvalue weighted by Gasteiger charge is 2.14. The van der Waals surface area contributed by atoms with Gasteiger partial charge in [0.2, 0.25) is 11.8 Å². The van der Waals surface area contributed by atoms with Crippen LogP contribution in [0.1, 0.15) is 13.8 Å². The summed E-state index contributed by atoms with van der Waals surface area (Å²) >= 11 is 0.993. The van der Waals surface area contributed by atoms with Crippen LogP contribution in [0.5, 0.6) is 0 Å². The molecule has 0 fully saturated rings. The number of carbonyl (C=O) groups excluding carboxylic acids is 2. The quantitative estimate of drug-likeness (QED) is 0.561. The number of hydrogen-bond acceptors (Lipinski definition) is 4. The lowest BCUT2D eigenvalue weighted by Gasteiger charge is -2.12. The second kappa shape index (κ2) is 7.98. The molecule has 7 heteroatoms. The van der Waals surface area contributed by atoms with Crippen molar-refractivity contribution in [3.63, 3.8) is 0 Å². The van der Waals surface area contributed by atoms with E-state index < -0.39 is 12.0 Å². The van der Waals surface area contributed by atoms with Gasteiger partial charge in [0, 0.05) is 6.54 Å². The third-order valence-electron chi connectivity index (χ3n) is 1.58. The second-order valence-corrected chi connectivity index (χ2v) is 4.06. The van der Waals surface area contributed by atoms with Crippen LogP contribution in [0.25, 0.3) is 0 Å². The molecule has 2 amide bonds. The average Bonchev–Trinajstić information content (AvgIpc) is 2.17. The predicted molar refractivity (Wildman–Crippen MR) is 61.2 cm³/mol. The Bertz CT molecular complexity index is 270. The van der Waals surface area contributed by atoms with Crippen molar-refractivity contribution >= 4 is 29.5 Å². The molecule has 16 heavy (non-hydrogen) atoms. The fourth-order valence-corrected chi connectivity index (χ4v) is 1.45. The van der Waals surface area contributed by atoms with Gasteiger partial charge in [-0.1, -0.05) is 0 Å². The van der Waals surface area contributed by atoms with E-state index in [-0.39, 0.29) is 23.3 Å². The van der Waals surface area contributed by atoms with Gasteiger partial charge in [-0.25, -0.2) is 0 Å². The highest BCUT2D eigenvalue weighted by molar-refractivity contribution is 8.00. The SMILES string of the molecule is CCNC(=O)C(C)NC(=O)CSCC(=O)O. The highest BCUT2D eigenvalue weighted by atomic mass is 32.2. The maximum absolute atomic E-state index is 11.2. The summed E-state index contributed by atoms with van der Waals surface area (Å²) in [6, 6.07) is -0.599. The maximum atomic E-state index is 11.2. The Hall–Kier alpha value is -1.24. The molecule has 0 aliphatic heterocycles. The van der Waals surface area contributed by atoms with Crippen LogP contribution in [0.3, 0.4) is 0 Å². The third-order valence-corrected chi connectivity index (χ3v) is 2.50. The number of carbonyl (C=O) groups is 3. The first-order chi connectivity index (χ1) is 7.47. The first-order valence-corrected chi connectivity index (χ1v) is 5.99. The highest BCUT2D eigenvalue weighted by Crippen LogP contribution is 1.98. The van der Waals surface area contributed by atoms with Gasteiger partial charge in [-0.2, -0.15) is 0 Å². The zero-order valence-electron chi connectivity index (χ0n) is 9.28. The van der Waals surface area contributed by atoms with Crippen LogP contribution in [0.4, 0.5) is 0 Å². The molecule has 0 bridgehead atoms. The van der Waals surface area contributed by atoms with Gasteiger partial charge in [-0.15, -0.1) is 11.8 Å². The Morgan fingerprint density at radius 2 is 1.94 bits per heavy atom. The molecule has 0 spiro atoms. The van der Waals surface area contributed by atoms with Crippen LogP contribution in [0.15, 0.2) is 0 Å². The molecule has 1 unspecified atom stereocenters. The first kappa shape index (κ1) is 14.8. The predicted octanol–water partition coefficient (Wildman–Crippen LogP) is -0.555. The van der Waals surface area contributed by atoms with Gasteiger partial charge in [0.1, 0.15) is 6.04 Å². The number of rotatable bonds is 7. The smallest absolute Gasteiger partial charge is 0.313 e. The molecule has 0 radical (unpaired) electrons. The van der Waals surface area contributed by atoms with Gasteiger partial charge in [0.05, 0.1) is 11.5 Å². The van der Waals surface area contributed by atoms with Crippen molar-refractivity contribution in [2.45, 2.75) is 19.9 Å². The van der Waals surface area contributed by atoms with Gasteiger partial charge in [-0.3, -0.25) is 14.4 Å². The summed E-state index contributed by atoms with van der Waals surface area (Å²) in [6.07, 6.45) is 0. The molecular formula is C9H16N2O4S. The van der Waals surface area contributed by atoms with E-state index in [9.17, 15) is 14.4 Å². The zero-order valence-corrected chi connectivity index (χ0v) is 10.1. The minimum Gasteiger partial charge on any atom is -0.481 e. The van der Waals surface area contributed by atoms with E-state index in [1.165, 1.54) is 0 Å². The molecule has 6 nitrogen and oxygen atoms in total. The Morgan fingerprint density at radius 1 is 1.31 bits per heavy atom. The van der Waals surface area contributed by atoms with Crippen molar-refractivity contribution in [3.8, 4) is 0 Å². The molecule has 0 aromatic rings. The number of thioether (sulfide) groups is 1. The number of hydrogen-bond donors (Lipinski definition) is 3. The molecule has 0 heterocycles. The summed E-state index contributed by atoms with van der Waals surface area (Å²) in [5.41, 5.74) is 0. The van der Waals surface area contributed by atoms with Crippen molar-refractivity contribution in [1.29, 1.82) is 0 Å². The lowest BCUT2D eigenvalue weighted by atomic mass is 10.3. The standard InChI is InChI=1S/C9H16N2O4S/c1-3-10-9(15)6(2)11-7(12)4-16-5-8(13)14/h6H,3-5H2,1-2H3,(H,10,15)(H,11,12)(H,13,14). The summed E-state index contributed by atoms with van der Waals surface area (Å²) in [5, 5.41) is 13.4. The number of nitrogens with one attached hydrogen (secondary N) is 2. The van der Waals surface area contributed by atoms with Crippen LogP contribution >= 0.6 is 11.8 Å². The van der Waals surface area contributed by atoms with E-state index in [1.54, 1.807) is 13.8 Å². The molecular weight excluding hydrogens is 232 g/mol. The number of aliphatic carboxylic acids is 1. The minimum absolute atomic E-state index is 0.0377. The van der Waals surface area contributed by atoms with Crippen LogP contribution in [-0.4, -0.2) is 47.0 Å². The number of likely N-dealkylation sites (N-methyl/N-ethyl adjacent to an activating group) is 1. The third kappa shape index (κ3) is 7.10. The van der Waals surface area contributed by atoms with Crippen molar-refractivity contribution < 1.29 is 19.5 Å². The summed E-state index contributed by atoms with van der Waals surface area (Å²) in [5.74, 6) is -1.64. The average molecular weight is 248 g/mol. The molecule has 92 valence electrons. The lowest BCUT2D eigenvalue weighted by molar-refractivity contribution is -0.134. The van der Waals surface area contributed by atoms with E-state index in [0.29, 0.717) is 6.54 Å². The molecule has 0 rings (SSSR count). The Balaban J connectivity index is 3.77. The lowest BCUT2D eigenvalue weighted by Crippen LogP contribution is -2.45. The molecule has 0 aliphatic rings.